The van der Waals surface area contributed by atoms with Crippen molar-refractivity contribution in [1.29, 1.82) is 0 Å². The van der Waals surface area contributed by atoms with E-state index in [0.717, 1.165) is 56.1 Å². The van der Waals surface area contributed by atoms with Crippen LogP contribution >= 0.6 is 0 Å². The zero-order chi connectivity index (χ0) is 26.3. The quantitative estimate of drug-likeness (QED) is 0.445. The van der Waals surface area contributed by atoms with Gasteiger partial charge in [0, 0.05) is 16.4 Å². The second-order valence-electron chi connectivity index (χ2n) is 13.5. The van der Waals surface area contributed by atoms with Gasteiger partial charge in [0.25, 0.3) is 0 Å². The van der Waals surface area contributed by atoms with Gasteiger partial charge in [0.05, 0.1) is 6.54 Å². The molecule has 0 spiro atoms. The molecule has 5 aliphatic rings. The molecule has 0 aromatic heterocycles. The summed E-state index contributed by atoms with van der Waals surface area (Å²) in [6.07, 6.45) is 18.7. The Balaban J connectivity index is 1.58. The lowest BCUT2D eigenvalue weighted by molar-refractivity contribution is -0.169. The van der Waals surface area contributed by atoms with E-state index in [1.54, 1.807) is 6.08 Å². The third-order valence-electron chi connectivity index (χ3n) is 11.8. The molecule has 5 rings (SSSR count). The zero-order valence-corrected chi connectivity index (χ0v) is 22.8. The number of nitrogens with one attached hydrogen (secondary N) is 1. The maximum absolute atomic E-state index is 13.2. The molecule has 4 heteroatoms. The topological polar surface area (TPSA) is 66.4 Å². The second kappa shape index (κ2) is 7.73. The maximum atomic E-state index is 13.2. The summed E-state index contributed by atoms with van der Waals surface area (Å²) in [5.74, 6) is 2.66. The third kappa shape index (κ3) is 3.07. The summed E-state index contributed by atoms with van der Waals surface area (Å²) >= 11 is 0. The maximum Gasteiger partial charge on any atom is 0.226 e. The molecular weight excluding hydrogens is 446 g/mol. The fraction of sp³-hybridized carbons (Fsp3) is 0.625. The number of terminal acetylenes is 1. The lowest BCUT2D eigenvalue weighted by Gasteiger charge is -2.70. The summed E-state index contributed by atoms with van der Waals surface area (Å²) in [6.45, 7) is 14.0. The minimum Gasteiger partial charge on any atom is -0.504 e. The Morgan fingerprint density at radius 1 is 1.08 bits per heavy atom. The number of amides is 1. The third-order valence-corrected chi connectivity index (χ3v) is 11.8. The molecule has 1 amide bonds. The number of fused-ring (bicyclic) bond motifs is 7. The van der Waals surface area contributed by atoms with Crippen LogP contribution in [0, 0.1) is 45.3 Å². The van der Waals surface area contributed by atoms with Crippen LogP contribution in [0.3, 0.4) is 0 Å². The first kappa shape index (κ1) is 25.1. The Morgan fingerprint density at radius 2 is 1.78 bits per heavy atom. The molecule has 5 aliphatic carbocycles. The highest BCUT2D eigenvalue weighted by molar-refractivity contribution is 6.06. The van der Waals surface area contributed by atoms with Crippen molar-refractivity contribution in [2.75, 3.05) is 6.54 Å². The van der Waals surface area contributed by atoms with Gasteiger partial charge < -0.3 is 10.4 Å². The number of hydrogen-bond acceptors (Lipinski definition) is 3. The van der Waals surface area contributed by atoms with Crippen molar-refractivity contribution in [2.45, 2.75) is 86.5 Å². The first-order valence-electron chi connectivity index (χ1n) is 13.6. The van der Waals surface area contributed by atoms with Crippen LogP contribution in [0.15, 0.2) is 46.3 Å². The van der Waals surface area contributed by atoms with Crippen LogP contribution in [0.4, 0.5) is 0 Å². The highest BCUT2D eigenvalue weighted by Crippen LogP contribution is 2.75. The molecule has 3 saturated carbocycles. The summed E-state index contributed by atoms with van der Waals surface area (Å²) in [4.78, 5) is 25.9. The SMILES string of the molecule is C#CCNC(=O)[C@]1(C)CC[C@]2(C)CC[C@]3(C)C4=CC=C5C(=CC(=O)C(O)=C5C)[C@]4(C)CC[C@@]3(C)[C@@H]2C1. The molecular formula is C32H41NO3. The Morgan fingerprint density at radius 3 is 2.47 bits per heavy atom. The van der Waals surface area contributed by atoms with Crippen LogP contribution in [0.5, 0.6) is 0 Å². The highest BCUT2D eigenvalue weighted by Gasteiger charge is 2.67. The molecule has 0 aliphatic heterocycles. The largest absolute Gasteiger partial charge is 0.504 e. The van der Waals surface area contributed by atoms with Crippen LogP contribution in [0.2, 0.25) is 0 Å². The van der Waals surface area contributed by atoms with E-state index in [-0.39, 0.29) is 45.7 Å². The van der Waals surface area contributed by atoms with E-state index in [1.807, 2.05) is 6.92 Å². The normalized spacial score (nSPS) is 43.5. The summed E-state index contributed by atoms with van der Waals surface area (Å²) < 4.78 is 0. The van der Waals surface area contributed by atoms with E-state index in [4.69, 9.17) is 6.42 Å². The Kier molecular flexibility index (Phi) is 5.40. The smallest absolute Gasteiger partial charge is 0.226 e. The Bertz CT molecular complexity index is 1230. The van der Waals surface area contributed by atoms with E-state index in [1.165, 1.54) is 5.57 Å². The van der Waals surface area contributed by atoms with E-state index in [9.17, 15) is 14.7 Å². The number of hydrogen-bond donors (Lipinski definition) is 2. The number of aliphatic hydroxyl groups is 1. The predicted octanol–water partition coefficient (Wildman–Crippen LogP) is 6.36. The van der Waals surface area contributed by atoms with Gasteiger partial charge in [-0.3, -0.25) is 9.59 Å². The van der Waals surface area contributed by atoms with Crippen LogP contribution in [0.25, 0.3) is 0 Å². The first-order valence-corrected chi connectivity index (χ1v) is 13.6. The van der Waals surface area contributed by atoms with Gasteiger partial charge in [0.2, 0.25) is 11.7 Å². The van der Waals surface area contributed by atoms with Crippen molar-refractivity contribution in [3.05, 3.63) is 46.3 Å². The van der Waals surface area contributed by atoms with E-state index in [0.29, 0.717) is 11.5 Å². The van der Waals surface area contributed by atoms with Gasteiger partial charge in [-0.05, 0) is 91.3 Å². The molecule has 36 heavy (non-hydrogen) atoms. The van der Waals surface area contributed by atoms with Crippen molar-refractivity contribution in [1.82, 2.24) is 5.32 Å². The average Bonchev–Trinajstić information content (AvgIpc) is 2.84. The number of allylic oxidation sites excluding steroid dienone is 7. The molecule has 2 N–H and O–H groups in total. The lowest BCUT2D eigenvalue weighted by atomic mass is 9.34. The van der Waals surface area contributed by atoms with E-state index in [2.05, 4.69) is 58.0 Å². The first-order chi connectivity index (χ1) is 16.8. The monoisotopic (exact) mass is 487 g/mol. The van der Waals surface area contributed by atoms with Gasteiger partial charge in [0.15, 0.2) is 5.76 Å². The van der Waals surface area contributed by atoms with Crippen molar-refractivity contribution in [3.63, 3.8) is 0 Å². The van der Waals surface area contributed by atoms with Gasteiger partial charge in [-0.2, -0.15) is 0 Å². The summed E-state index contributed by atoms with van der Waals surface area (Å²) in [6, 6.07) is 0. The standard InChI is InChI=1S/C32H41NO3/c1-8-17-33-27(36)29(4)12-11-28(3)13-15-31(6)24-10-9-21-20(2)26(35)23(34)18-22(21)30(24,5)14-16-32(31,7)25(28)19-29/h1,9-10,18,25,35H,11-17,19H2,2-7H3,(H,33,36)/t25-,28-,29-,30+,31-,32+/m1/s1. The van der Waals surface area contributed by atoms with Crippen LogP contribution < -0.4 is 5.32 Å². The van der Waals surface area contributed by atoms with Gasteiger partial charge >= 0.3 is 0 Å². The minimum absolute atomic E-state index is 0.0387. The van der Waals surface area contributed by atoms with E-state index < -0.39 is 5.41 Å². The Hall–Kier alpha value is -2.54. The molecule has 3 fully saturated rings. The van der Waals surface area contributed by atoms with Crippen LogP contribution in [-0.4, -0.2) is 23.3 Å². The summed E-state index contributed by atoms with van der Waals surface area (Å²) in [5.41, 5.74) is 3.76. The van der Waals surface area contributed by atoms with Crippen molar-refractivity contribution < 1.29 is 14.7 Å². The Labute approximate surface area is 216 Å². The molecule has 192 valence electrons. The van der Waals surface area contributed by atoms with Gasteiger partial charge in [0.1, 0.15) is 0 Å². The summed E-state index contributed by atoms with van der Waals surface area (Å²) in [5, 5.41) is 13.3. The van der Waals surface area contributed by atoms with E-state index >= 15 is 0 Å². The van der Waals surface area contributed by atoms with Gasteiger partial charge in [-0.15, -0.1) is 6.42 Å². The predicted molar refractivity (Wildman–Crippen MR) is 143 cm³/mol. The van der Waals surface area contributed by atoms with Crippen molar-refractivity contribution >= 4 is 11.7 Å². The molecule has 0 aromatic rings. The fourth-order valence-corrected chi connectivity index (χ4v) is 9.01. The summed E-state index contributed by atoms with van der Waals surface area (Å²) in [7, 11) is 0. The fourth-order valence-electron chi connectivity index (χ4n) is 9.01. The zero-order valence-electron chi connectivity index (χ0n) is 22.8. The van der Waals surface area contributed by atoms with Crippen LogP contribution in [0.1, 0.15) is 86.5 Å². The molecule has 0 aromatic carbocycles. The van der Waals surface area contributed by atoms with Crippen molar-refractivity contribution in [3.8, 4) is 12.3 Å². The minimum atomic E-state index is -0.408. The molecule has 0 saturated heterocycles. The molecule has 0 unspecified atom stereocenters. The average molecular weight is 488 g/mol. The molecule has 0 heterocycles. The molecule has 0 radical (unpaired) electrons. The number of rotatable bonds is 2. The number of aliphatic hydroxyl groups excluding tert-OH is 1. The molecule has 4 nitrogen and oxygen atoms in total. The highest BCUT2D eigenvalue weighted by atomic mass is 16.3. The lowest BCUT2D eigenvalue weighted by Crippen LogP contribution is -2.62. The molecule has 0 bridgehead atoms. The van der Waals surface area contributed by atoms with Gasteiger partial charge in [-0.25, -0.2) is 0 Å². The number of carbonyl (C=O) groups is 2. The number of carbonyl (C=O) groups excluding carboxylic acids is 2. The van der Waals surface area contributed by atoms with Gasteiger partial charge in [-0.1, -0.05) is 58.3 Å². The van der Waals surface area contributed by atoms with Crippen molar-refractivity contribution in [2.24, 2.45) is 33.0 Å². The van der Waals surface area contributed by atoms with Crippen LogP contribution in [-0.2, 0) is 9.59 Å². The number of ketones is 1. The second-order valence-corrected chi connectivity index (χ2v) is 13.5. The molecule has 6 atom stereocenters.